The lowest BCUT2D eigenvalue weighted by molar-refractivity contribution is -0.129. The van der Waals surface area contributed by atoms with Crippen molar-refractivity contribution in [3.8, 4) is 5.75 Å². The lowest BCUT2D eigenvalue weighted by Crippen LogP contribution is -2.34. The molecule has 0 spiro atoms. The fraction of sp³-hybridized carbons (Fsp3) is 0.400. The number of rotatable bonds is 17. The second kappa shape index (κ2) is 18.5. The number of ether oxygens (including phenoxy) is 1. The van der Waals surface area contributed by atoms with Crippen molar-refractivity contribution in [2.24, 2.45) is 5.10 Å². The van der Waals surface area contributed by atoms with Gasteiger partial charge in [-0.3, -0.25) is 9.59 Å². The summed E-state index contributed by atoms with van der Waals surface area (Å²) in [5, 5.41) is 6.52. The van der Waals surface area contributed by atoms with Crippen molar-refractivity contribution in [2.45, 2.75) is 71.1 Å². The zero-order valence-electron chi connectivity index (χ0n) is 21.8. The number of unbranched alkanes of at least 4 members (excludes halogenated alkanes) is 8. The predicted molar refractivity (Wildman–Crippen MR) is 148 cm³/mol. The van der Waals surface area contributed by atoms with Crippen LogP contribution in [0.5, 0.6) is 5.75 Å². The Morgan fingerprint density at radius 1 is 0.784 bits per heavy atom. The molecule has 7 heteroatoms. The highest BCUT2D eigenvalue weighted by molar-refractivity contribution is 5.89. The van der Waals surface area contributed by atoms with Crippen LogP contribution in [0.4, 0.5) is 0 Å². The summed E-state index contributed by atoms with van der Waals surface area (Å²) in [6.45, 7) is 2.11. The number of carbonyl (C=O) groups is 3. The lowest BCUT2D eigenvalue weighted by atomic mass is 10.1. The summed E-state index contributed by atoms with van der Waals surface area (Å²) in [7, 11) is 0. The predicted octanol–water partition coefficient (Wildman–Crippen LogP) is 5.79. The Bertz CT molecular complexity index is 1000. The van der Waals surface area contributed by atoms with Crippen molar-refractivity contribution in [2.75, 3.05) is 6.54 Å². The average molecular weight is 506 g/mol. The molecule has 0 bridgehead atoms. The molecule has 0 heterocycles. The number of hydrogen-bond acceptors (Lipinski definition) is 5. The molecule has 2 N–H and O–H groups in total. The minimum atomic E-state index is -0.475. The third kappa shape index (κ3) is 14.4. The Kier molecular flexibility index (Phi) is 14.8. The van der Waals surface area contributed by atoms with Crippen molar-refractivity contribution in [1.82, 2.24) is 10.7 Å². The molecule has 2 aromatic rings. The van der Waals surface area contributed by atoms with Gasteiger partial charge in [0.1, 0.15) is 5.75 Å². The van der Waals surface area contributed by atoms with Crippen molar-refractivity contribution in [3.05, 3.63) is 71.8 Å². The van der Waals surface area contributed by atoms with Crippen LogP contribution < -0.4 is 15.5 Å². The number of nitrogens with one attached hydrogen (secondary N) is 2. The van der Waals surface area contributed by atoms with Gasteiger partial charge in [0.15, 0.2) is 0 Å². The van der Waals surface area contributed by atoms with E-state index in [0.29, 0.717) is 17.7 Å². The number of nitrogens with zero attached hydrogens (tertiary/aromatic N) is 1. The molecule has 0 unspecified atom stereocenters. The molecule has 2 aromatic carbocycles. The van der Waals surface area contributed by atoms with Crippen LogP contribution in [-0.2, 0) is 14.4 Å². The van der Waals surface area contributed by atoms with E-state index in [0.717, 1.165) is 24.8 Å². The summed E-state index contributed by atoms with van der Waals surface area (Å²) >= 11 is 0. The number of hydrazone groups is 1. The fourth-order valence-corrected chi connectivity index (χ4v) is 3.58. The summed E-state index contributed by atoms with van der Waals surface area (Å²) in [5.74, 6) is -0.589. The Morgan fingerprint density at radius 3 is 2.11 bits per heavy atom. The van der Waals surface area contributed by atoms with E-state index in [1.54, 1.807) is 30.3 Å². The van der Waals surface area contributed by atoms with Crippen molar-refractivity contribution >= 4 is 30.1 Å². The van der Waals surface area contributed by atoms with E-state index in [1.165, 1.54) is 50.8 Å². The number of amides is 2. The van der Waals surface area contributed by atoms with Gasteiger partial charge in [-0.1, -0.05) is 88.6 Å². The van der Waals surface area contributed by atoms with Crippen molar-refractivity contribution in [1.29, 1.82) is 0 Å². The van der Waals surface area contributed by atoms with Gasteiger partial charge >= 0.3 is 5.97 Å². The highest BCUT2D eigenvalue weighted by Crippen LogP contribution is 2.12. The van der Waals surface area contributed by atoms with Gasteiger partial charge in [-0.25, -0.2) is 10.2 Å². The first-order valence-electron chi connectivity index (χ1n) is 13.2. The lowest BCUT2D eigenvalue weighted by Gasteiger charge is -2.05. The Labute approximate surface area is 220 Å². The molecule has 0 atom stereocenters. The summed E-state index contributed by atoms with van der Waals surface area (Å²) in [4.78, 5) is 35.8. The molecule has 0 saturated carbocycles. The van der Waals surface area contributed by atoms with Crippen molar-refractivity contribution in [3.63, 3.8) is 0 Å². The van der Waals surface area contributed by atoms with Gasteiger partial charge in [0.25, 0.3) is 5.91 Å². The van der Waals surface area contributed by atoms with Gasteiger partial charge in [-0.05, 0) is 47.9 Å². The van der Waals surface area contributed by atoms with E-state index < -0.39 is 11.9 Å². The monoisotopic (exact) mass is 505 g/mol. The van der Waals surface area contributed by atoms with Crippen LogP contribution in [0.25, 0.3) is 6.08 Å². The number of esters is 1. The summed E-state index contributed by atoms with van der Waals surface area (Å²) in [6.07, 6.45) is 15.7. The molecular formula is C30H39N3O4. The molecule has 0 aromatic heterocycles. The van der Waals surface area contributed by atoms with E-state index in [1.807, 2.05) is 30.3 Å². The molecule has 0 aliphatic heterocycles. The van der Waals surface area contributed by atoms with Crippen LogP contribution in [0, 0.1) is 0 Å². The molecule has 0 saturated heterocycles. The standard InChI is InChI=1S/C30H39N3O4/c1-2-3-4-5-6-7-8-9-13-16-28(34)31-24-29(35)33-32-23-26-17-20-27(21-18-26)37-30(36)22-19-25-14-11-10-12-15-25/h10-12,14-15,17-23H,2-9,13,16,24H2,1H3,(H,31,34)(H,33,35)/b22-19+,32-23-. The maximum atomic E-state index is 12.0. The third-order valence-corrected chi connectivity index (χ3v) is 5.67. The van der Waals surface area contributed by atoms with Crippen LogP contribution in [0.1, 0.15) is 82.3 Å². The first-order chi connectivity index (χ1) is 18.1. The van der Waals surface area contributed by atoms with E-state index in [-0.39, 0.29) is 12.5 Å². The summed E-state index contributed by atoms with van der Waals surface area (Å²) in [6, 6.07) is 16.2. The Balaban J connectivity index is 1.56. The molecule has 2 amide bonds. The second-order valence-electron chi connectivity index (χ2n) is 8.88. The van der Waals surface area contributed by atoms with Gasteiger partial charge < -0.3 is 10.1 Å². The molecule has 7 nitrogen and oxygen atoms in total. The minimum absolute atomic E-state index is 0.112. The summed E-state index contributed by atoms with van der Waals surface area (Å²) in [5.41, 5.74) is 4.02. The Morgan fingerprint density at radius 2 is 1.43 bits per heavy atom. The molecule has 198 valence electrons. The van der Waals surface area contributed by atoms with Crippen molar-refractivity contribution < 1.29 is 19.1 Å². The van der Waals surface area contributed by atoms with E-state index >= 15 is 0 Å². The minimum Gasteiger partial charge on any atom is -0.423 e. The molecule has 0 aliphatic rings. The quantitative estimate of drug-likeness (QED) is 0.0710. The molecule has 37 heavy (non-hydrogen) atoms. The normalized spacial score (nSPS) is 11.1. The van der Waals surface area contributed by atoms with E-state index in [2.05, 4.69) is 22.8 Å². The maximum absolute atomic E-state index is 12.0. The van der Waals surface area contributed by atoms with Gasteiger partial charge in [-0.15, -0.1) is 0 Å². The van der Waals surface area contributed by atoms with Crippen LogP contribution in [0.2, 0.25) is 0 Å². The van der Waals surface area contributed by atoms with Crippen LogP contribution in [0.3, 0.4) is 0 Å². The molecule has 0 fully saturated rings. The van der Waals surface area contributed by atoms with Crippen LogP contribution in [-0.4, -0.2) is 30.5 Å². The number of hydrogen-bond donors (Lipinski definition) is 2. The number of benzene rings is 2. The van der Waals surface area contributed by atoms with Gasteiger partial charge in [0.05, 0.1) is 12.8 Å². The molecular weight excluding hydrogens is 466 g/mol. The van der Waals surface area contributed by atoms with Crippen LogP contribution >= 0.6 is 0 Å². The zero-order chi connectivity index (χ0) is 26.6. The first-order valence-corrected chi connectivity index (χ1v) is 13.2. The summed E-state index contributed by atoms with van der Waals surface area (Å²) < 4.78 is 5.27. The molecule has 0 radical (unpaired) electrons. The molecule has 0 aliphatic carbocycles. The van der Waals surface area contributed by atoms with Crippen LogP contribution in [0.15, 0.2) is 65.8 Å². The van der Waals surface area contributed by atoms with E-state index in [9.17, 15) is 14.4 Å². The van der Waals surface area contributed by atoms with Gasteiger partial charge in [0.2, 0.25) is 5.91 Å². The third-order valence-electron chi connectivity index (χ3n) is 5.67. The topological polar surface area (TPSA) is 96.9 Å². The zero-order valence-corrected chi connectivity index (χ0v) is 21.8. The first kappa shape index (κ1) is 29.5. The average Bonchev–Trinajstić information content (AvgIpc) is 2.91. The molecule has 2 rings (SSSR count). The highest BCUT2D eigenvalue weighted by Gasteiger charge is 2.05. The smallest absolute Gasteiger partial charge is 0.336 e. The Hall–Kier alpha value is -3.74. The van der Waals surface area contributed by atoms with Gasteiger partial charge in [-0.2, -0.15) is 5.10 Å². The largest absolute Gasteiger partial charge is 0.423 e. The number of carbonyl (C=O) groups excluding carboxylic acids is 3. The van der Waals surface area contributed by atoms with E-state index in [4.69, 9.17) is 4.74 Å². The highest BCUT2D eigenvalue weighted by atomic mass is 16.5. The second-order valence-corrected chi connectivity index (χ2v) is 8.88. The van der Waals surface area contributed by atoms with Gasteiger partial charge in [0, 0.05) is 12.5 Å². The maximum Gasteiger partial charge on any atom is 0.336 e. The fourth-order valence-electron chi connectivity index (χ4n) is 3.58. The SMILES string of the molecule is CCCCCCCCCCCC(=O)NCC(=O)N/N=C\c1ccc(OC(=O)/C=C/c2ccccc2)cc1.